The molecule has 0 saturated heterocycles. The van der Waals surface area contributed by atoms with E-state index in [0.29, 0.717) is 19.3 Å². The first kappa shape index (κ1) is 22.8. The van der Waals surface area contributed by atoms with E-state index in [1.807, 2.05) is 13.8 Å². The second-order valence-electron chi connectivity index (χ2n) is 10.4. The molecule has 0 aromatic rings. The summed E-state index contributed by atoms with van der Waals surface area (Å²) in [6.07, 6.45) is 4.68. The summed E-state index contributed by atoms with van der Waals surface area (Å²) in [4.78, 5) is 37.2. The van der Waals surface area contributed by atoms with E-state index in [4.69, 9.17) is 4.74 Å². The molecule has 0 bridgehead atoms. The summed E-state index contributed by atoms with van der Waals surface area (Å²) in [6.45, 7) is 7.32. The number of esters is 1. The van der Waals surface area contributed by atoms with Gasteiger partial charge in [-0.05, 0) is 56.6 Å². The molecule has 3 saturated carbocycles. The smallest absolute Gasteiger partial charge is 0.306 e. The third kappa shape index (κ3) is 2.70. The number of carbonyl (C=O) groups excluding carboxylic acids is 3. The standard InChI is InChI=1S/C24H32FO5P/c1-5-19(28)30-23(20(29)31)9-7-15-17-10-13(2)16-11-14(26)6-8-21(16,3)24(17,25)18(27)12-22(15,23)4/h6,8,11,13,15,17-18,27H,5,7,9-10,12,31H2,1-4H3/t13-,15?,17?,18?,21?,22?,23-,24-/m0/s1. The number of ether oxygens (including phenoxy) is 1. The second-order valence-corrected chi connectivity index (χ2v) is 10.9. The number of fused-ring (bicyclic) bond motifs is 5. The van der Waals surface area contributed by atoms with E-state index < -0.39 is 40.1 Å². The van der Waals surface area contributed by atoms with Gasteiger partial charge in [0.1, 0.15) is 0 Å². The third-order valence-electron chi connectivity index (χ3n) is 9.06. The summed E-state index contributed by atoms with van der Waals surface area (Å²) in [5, 5.41) is 11.4. The lowest BCUT2D eigenvalue weighted by Gasteiger charge is -2.63. The van der Waals surface area contributed by atoms with Gasteiger partial charge in [-0.1, -0.05) is 41.7 Å². The van der Waals surface area contributed by atoms with Crippen LogP contribution >= 0.6 is 9.24 Å². The first-order valence-corrected chi connectivity index (χ1v) is 11.8. The largest absolute Gasteiger partial charge is 0.450 e. The number of carbonyl (C=O) groups is 3. The topological polar surface area (TPSA) is 80.7 Å². The van der Waals surface area contributed by atoms with Gasteiger partial charge >= 0.3 is 5.97 Å². The molecule has 170 valence electrons. The molecule has 4 aliphatic carbocycles. The number of hydrogen-bond acceptors (Lipinski definition) is 5. The van der Waals surface area contributed by atoms with Gasteiger partial charge in [0.15, 0.2) is 22.6 Å². The van der Waals surface area contributed by atoms with Gasteiger partial charge in [-0.2, -0.15) is 0 Å². The second kappa shape index (κ2) is 7.05. The van der Waals surface area contributed by atoms with Crippen molar-refractivity contribution >= 4 is 26.5 Å². The van der Waals surface area contributed by atoms with Crippen molar-refractivity contribution in [3.8, 4) is 0 Å². The zero-order valence-electron chi connectivity index (χ0n) is 18.6. The van der Waals surface area contributed by atoms with Gasteiger partial charge in [0.2, 0.25) is 0 Å². The van der Waals surface area contributed by atoms with Crippen LogP contribution in [0.25, 0.3) is 0 Å². The van der Waals surface area contributed by atoms with Crippen LogP contribution < -0.4 is 0 Å². The molecule has 0 amide bonds. The molecule has 5 nitrogen and oxygen atoms in total. The van der Waals surface area contributed by atoms with Gasteiger partial charge in [0.25, 0.3) is 0 Å². The van der Waals surface area contributed by atoms with Crippen LogP contribution in [-0.4, -0.2) is 39.8 Å². The molecule has 0 heterocycles. The quantitative estimate of drug-likeness (QED) is 0.524. The van der Waals surface area contributed by atoms with Crippen molar-refractivity contribution in [1.29, 1.82) is 0 Å². The van der Waals surface area contributed by atoms with Crippen LogP contribution in [-0.2, 0) is 19.1 Å². The highest BCUT2D eigenvalue weighted by molar-refractivity contribution is 7.40. The van der Waals surface area contributed by atoms with Gasteiger partial charge in [0.05, 0.1) is 6.10 Å². The first-order valence-electron chi connectivity index (χ1n) is 11.2. The Kier molecular flexibility index (Phi) is 5.19. The minimum atomic E-state index is -1.97. The Bertz CT molecular complexity index is 914. The van der Waals surface area contributed by atoms with Crippen LogP contribution in [0.5, 0.6) is 0 Å². The Balaban J connectivity index is 1.84. The lowest BCUT2D eigenvalue weighted by Crippen LogP contribution is -2.70. The van der Waals surface area contributed by atoms with Crippen LogP contribution in [0.2, 0.25) is 0 Å². The summed E-state index contributed by atoms with van der Waals surface area (Å²) in [5.41, 5.74) is -4.91. The Hall–Kier alpha value is -1.39. The molecule has 0 radical (unpaired) electrons. The maximum absolute atomic E-state index is 17.2. The average molecular weight is 450 g/mol. The highest BCUT2D eigenvalue weighted by atomic mass is 31.0. The molecule has 1 N–H and O–H groups in total. The molecule has 4 rings (SSSR count). The van der Waals surface area contributed by atoms with E-state index in [-0.39, 0.29) is 36.0 Å². The number of allylic oxidation sites excluding steroid dienone is 4. The predicted octanol–water partition coefficient (Wildman–Crippen LogP) is 3.70. The van der Waals surface area contributed by atoms with Gasteiger partial charge in [-0.25, -0.2) is 4.39 Å². The molecule has 0 aliphatic heterocycles. The number of alkyl halides is 1. The predicted molar refractivity (Wildman–Crippen MR) is 117 cm³/mol. The molecule has 9 atom stereocenters. The molecule has 0 aromatic carbocycles. The summed E-state index contributed by atoms with van der Waals surface area (Å²) < 4.78 is 23.0. The Morgan fingerprint density at radius 1 is 1.32 bits per heavy atom. The monoisotopic (exact) mass is 450 g/mol. The van der Waals surface area contributed by atoms with Crippen LogP contribution in [0.4, 0.5) is 4.39 Å². The highest BCUT2D eigenvalue weighted by Crippen LogP contribution is 2.71. The summed E-state index contributed by atoms with van der Waals surface area (Å²) >= 11 is 0. The minimum absolute atomic E-state index is 0.0147. The van der Waals surface area contributed by atoms with Crippen molar-refractivity contribution in [2.45, 2.75) is 77.2 Å². The molecule has 31 heavy (non-hydrogen) atoms. The zero-order chi connectivity index (χ0) is 23.0. The maximum Gasteiger partial charge on any atom is 0.306 e. The van der Waals surface area contributed by atoms with Crippen LogP contribution in [0.15, 0.2) is 23.8 Å². The highest BCUT2D eigenvalue weighted by Gasteiger charge is 2.75. The van der Waals surface area contributed by atoms with E-state index in [2.05, 4.69) is 9.24 Å². The molecule has 6 unspecified atom stereocenters. The number of ketones is 1. The van der Waals surface area contributed by atoms with Crippen LogP contribution in [0.3, 0.4) is 0 Å². The van der Waals surface area contributed by atoms with Crippen LogP contribution in [0, 0.1) is 28.6 Å². The third-order valence-corrected chi connectivity index (χ3v) is 9.53. The average Bonchev–Trinajstić information content (AvgIpc) is 2.98. The molecule has 3 fully saturated rings. The fraction of sp³-hybridized carbons (Fsp3) is 0.708. The van der Waals surface area contributed by atoms with E-state index in [1.54, 1.807) is 19.9 Å². The van der Waals surface area contributed by atoms with Crippen molar-refractivity contribution in [2.24, 2.45) is 28.6 Å². The van der Waals surface area contributed by atoms with Crippen LogP contribution in [0.1, 0.15) is 59.8 Å². The number of hydrogen-bond donors (Lipinski definition) is 1. The SMILES string of the molecule is CCC(=O)O[C@]1(C(=O)P)CCC2C3C[C@H](C)C4=CC(=O)C=CC4(C)[C@@]3(F)C(O)CC21C. The summed E-state index contributed by atoms with van der Waals surface area (Å²) in [7, 11) is 2.16. The zero-order valence-corrected chi connectivity index (χ0v) is 19.8. The molecule has 0 spiro atoms. The minimum Gasteiger partial charge on any atom is -0.450 e. The Morgan fingerprint density at radius 3 is 2.61 bits per heavy atom. The first-order chi connectivity index (χ1) is 14.4. The Morgan fingerprint density at radius 2 is 2.00 bits per heavy atom. The van der Waals surface area contributed by atoms with Gasteiger partial charge < -0.3 is 9.84 Å². The van der Waals surface area contributed by atoms with Gasteiger partial charge in [-0.3, -0.25) is 14.4 Å². The van der Waals surface area contributed by atoms with Gasteiger partial charge in [0, 0.05) is 23.2 Å². The lowest BCUT2D eigenvalue weighted by atomic mass is 9.43. The van der Waals surface area contributed by atoms with E-state index in [1.165, 1.54) is 12.2 Å². The maximum atomic E-state index is 17.2. The van der Waals surface area contributed by atoms with E-state index in [9.17, 15) is 19.5 Å². The van der Waals surface area contributed by atoms with E-state index in [0.717, 1.165) is 5.57 Å². The molecule has 4 aliphatic rings. The van der Waals surface area contributed by atoms with Crippen molar-refractivity contribution in [3.63, 3.8) is 0 Å². The fourth-order valence-electron chi connectivity index (χ4n) is 7.48. The molecular formula is C24H32FO5P. The summed E-state index contributed by atoms with van der Waals surface area (Å²) in [5.74, 6) is -1.42. The number of halogens is 1. The molecular weight excluding hydrogens is 418 g/mol. The lowest BCUT2D eigenvalue weighted by molar-refractivity contribution is -0.225. The fourth-order valence-corrected chi connectivity index (χ4v) is 8.01. The van der Waals surface area contributed by atoms with Crippen molar-refractivity contribution in [1.82, 2.24) is 0 Å². The van der Waals surface area contributed by atoms with Crippen molar-refractivity contribution < 1.29 is 28.6 Å². The number of aliphatic hydroxyl groups is 1. The van der Waals surface area contributed by atoms with E-state index >= 15 is 4.39 Å². The molecule has 0 aromatic heterocycles. The van der Waals surface area contributed by atoms with Gasteiger partial charge in [-0.15, -0.1) is 0 Å². The normalized spacial score (nSPS) is 48.4. The number of rotatable bonds is 3. The summed E-state index contributed by atoms with van der Waals surface area (Å²) in [6, 6.07) is 0. The number of aliphatic hydroxyl groups excluding tert-OH is 1. The Labute approximate surface area is 185 Å². The van der Waals surface area contributed by atoms with Crippen molar-refractivity contribution in [3.05, 3.63) is 23.8 Å². The van der Waals surface area contributed by atoms with Crippen molar-refractivity contribution in [2.75, 3.05) is 0 Å². The molecule has 7 heteroatoms.